The Labute approximate surface area is 159 Å². The molecule has 1 amide bonds. The Hall–Kier alpha value is -2.62. The number of carbonyl (C=O) groups excluding carboxylic acids is 1. The lowest BCUT2D eigenvalue weighted by molar-refractivity contribution is 0.0954. The van der Waals surface area contributed by atoms with Crippen molar-refractivity contribution in [1.82, 2.24) is 10.3 Å². The van der Waals surface area contributed by atoms with E-state index < -0.39 is 15.8 Å². The van der Waals surface area contributed by atoms with E-state index in [9.17, 15) is 17.6 Å². The van der Waals surface area contributed by atoms with Crippen LogP contribution in [0.4, 0.5) is 4.39 Å². The third-order valence-electron chi connectivity index (χ3n) is 3.81. The molecule has 0 aliphatic heterocycles. The zero-order chi connectivity index (χ0) is 19.6. The van der Waals surface area contributed by atoms with Gasteiger partial charge >= 0.3 is 0 Å². The summed E-state index contributed by atoms with van der Waals surface area (Å²) in [5.74, 6) is -0.726. The van der Waals surface area contributed by atoms with E-state index in [2.05, 4.69) is 10.3 Å². The zero-order valence-electron chi connectivity index (χ0n) is 14.3. The third-order valence-corrected chi connectivity index (χ3v) is 5.93. The molecular weight excluding hydrogens is 389 g/mol. The van der Waals surface area contributed by atoms with Gasteiger partial charge in [0.25, 0.3) is 5.91 Å². The largest absolute Gasteiger partial charge is 0.347 e. The first-order valence-electron chi connectivity index (χ1n) is 7.88. The van der Waals surface area contributed by atoms with Crippen LogP contribution in [0, 0.1) is 12.7 Å². The van der Waals surface area contributed by atoms with Crippen LogP contribution in [0.15, 0.2) is 53.4 Å². The highest BCUT2D eigenvalue weighted by atomic mass is 32.2. The number of halogens is 1. The molecule has 1 aromatic heterocycles. The summed E-state index contributed by atoms with van der Waals surface area (Å²) < 4.78 is 36.4. The van der Waals surface area contributed by atoms with Crippen molar-refractivity contribution in [1.29, 1.82) is 0 Å². The van der Waals surface area contributed by atoms with Gasteiger partial charge in [0.05, 0.1) is 10.6 Å². The summed E-state index contributed by atoms with van der Waals surface area (Å²) >= 11 is 1.12. The lowest BCUT2D eigenvalue weighted by Crippen LogP contribution is -2.22. The van der Waals surface area contributed by atoms with Crippen molar-refractivity contribution in [2.75, 3.05) is 0 Å². The maximum absolute atomic E-state index is 13.9. The molecule has 0 spiro atoms. The average molecular weight is 405 g/mol. The Morgan fingerprint density at radius 1 is 1.19 bits per heavy atom. The van der Waals surface area contributed by atoms with E-state index in [1.807, 2.05) is 0 Å². The number of rotatable bonds is 5. The number of nitrogens with two attached hydrogens (primary N) is 1. The smallest absolute Gasteiger partial charge is 0.263 e. The molecule has 0 radical (unpaired) electrons. The highest BCUT2D eigenvalue weighted by molar-refractivity contribution is 7.89. The number of nitrogens with zero attached hydrogens (tertiary/aromatic N) is 1. The molecule has 3 aromatic rings. The number of amides is 1. The van der Waals surface area contributed by atoms with Crippen LogP contribution in [0.3, 0.4) is 0 Å². The van der Waals surface area contributed by atoms with Gasteiger partial charge in [0.1, 0.15) is 15.7 Å². The number of aromatic nitrogens is 1. The SMILES string of the molecule is Cc1nc(-c2ccccc2F)sc1C(=O)NCc1ccc(S(N)(=O)=O)cc1. The number of aryl methyl sites for hydroxylation is 1. The van der Waals surface area contributed by atoms with E-state index in [0.717, 1.165) is 11.3 Å². The molecule has 27 heavy (non-hydrogen) atoms. The van der Waals surface area contributed by atoms with Gasteiger partial charge in [-0.3, -0.25) is 4.79 Å². The number of sulfonamides is 1. The van der Waals surface area contributed by atoms with Gasteiger partial charge in [0, 0.05) is 12.1 Å². The second kappa shape index (κ2) is 7.55. The van der Waals surface area contributed by atoms with Crippen LogP contribution in [-0.4, -0.2) is 19.3 Å². The molecule has 3 rings (SSSR count). The van der Waals surface area contributed by atoms with E-state index >= 15 is 0 Å². The maximum atomic E-state index is 13.9. The van der Waals surface area contributed by atoms with Crippen molar-refractivity contribution >= 4 is 27.3 Å². The van der Waals surface area contributed by atoms with Gasteiger partial charge in [-0.25, -0.2) is 22.9 Å². The Morgan fingerprint density at radius 2 is 1.85 bits per heavy atom. The summed E-state index contributed by atoms with van der Waals surface area (Å²) in [6, 6.07) is 12.2. The maximum Gasteiger partial charge on any atom is 0.263 e. The second-order valence-corrected chi connectivity index (χ2v) is 8.35. The molecule has 0 bridgehead atoms. The van der Waals surface area contributed by atoms with Crippen LogP contribution >= 0.6 is 11.3 Å². The van der Waals surface area contributed by atoms with Crippen LogP contribution in [0.25, 0.3) is 10.6 Å². The summed E-state index contributed by atoms with van der Waals surface area (Å²) in [5, 5.41) is 8.24. The minimum atomic E-state index is -3.75. The van der Waals surface area contributed by atoms with Crippen LogP contribution in [0.5, 0.6) is 0 Å². The standard InChI is InChI=1S/C18H16FN3O3S2/c1-11-16(26-18(22-11)14-4-2-3-5-15(14)19)17(23)21-10-12-6-8-13(9-7-12)27(20,24)25/h2-9H,10H2,1H3,(H,21,23)(H2,20,24,25). The van der Waals surface area contributed by atoms with Crippen molar-refractivity contribution in [2.24, 2.45) is 5.14 Å². The van der Waals surface area contributed by atoms with E-state index in [-0.39, 0.29) is 17.3 Å². The fourth-order valence-electron chi connectivity index (χ4n) is 2.42. The van der Waals surface area contributed by atoms with Crippen LogP contribution in [0.2, 0.25) is 0 Å². The molecule has 0 unspecified atom stereocenters. The molecule has 0 fully saturated rings. The predicted molar refractivity (Wildman–Crippen MR) is 101 cm³/mol. The summed E-state index contributed by atoms with van der Waals surface area (Å²) in [6.45, 7) is 1.90. The van der Waals surface area contributed by atoms with Crippen LogP contribution in [0.1, 0.15) is 20.9 Å². The van der Waals surface area contributed by atoms with Crippen molar-refractivity contribution in [3.05, 3.63) is 70.5 Å². The molecule has 9 heteroatoms. The summed E-state index contributed by atoms with van der Waals surface area (Å²) in [6.07, 6.45) is 0. The van der Waals surface area contributed by atoms with Gasteiger partial charge < -0.3 is 5.32 Å². The van der Waals surface area contributed by atoms with Crippen LogP contribution in [-0.2, 0) is 16.6 Å². The molecule has 0 aliphatic carbocycles. The quantitative estimate of drug-likeness (QED) is 0.681. The average Bonchev–Trinajstić information content (AvgIpc) is 3.01. The first-order chi connectivity index (χ1) is 12.8. The van der Waals surface area contributed by atoms with E-state index in [1.165, 1.54) is 18.2 Å². The summed E-state index contributed by atoms with van der Waals surface area (Å²) in [4.78, 5) is 17.1. The lowest BCUT2D eigenvalue weighted by Gasteiger charge is -2.05. The topological polar surface area (TPSA) is 102 Å². The van der Waals surface area contributed by atoms with Crippen molar-refractivity contribution in [2.45, 2.75) is 18.4 Å². The fourth-order valence-corrected chi connectivity index (χ4v) is 3.94. The molecule has 0 aliphatic rings. The Kier molecular flexibility index (Phi) is 5.36. The molecule has 0 atom stereocenters. The summed E-state index contributed by atoms with van der Waals surface area (Å²) in [7, 11) is -3.75. The first-order valence-corrected chi connectivity index (χ1v) is 10.2. The molecule has 2 aromatic carbocycles. The number of hydrogen-bond donors (Lipinski definition) is 2. The van der Waals surface area contributed by atoms with Gasteiger partial charge in [0.2, 0.25) is 10.0 Å². The minimum Gasteiger partial charge on any atom is -0.347 e. The van der Waals surface area contributed by atoms with Gasteiger partial charge in [-0.1, -0.05) is 24.3 Å². The monoisotopic (exact) mass is 405 g/mol. The Morgan fingerprint density at radius 3 is 2.48 bits per heavy atom. The highest BCUT2D eigenvalue weighted by Crippen LogP contribution is 2.29. The molecule has 0 saturated heterocycles. The Balaban J connectivity index is 1.73. The molecule has 0 saturated carbocycles. The van der Waals surface area contributed by atoms with E-state index in [1.54, 1.807) is 37.3 Å². The van der Waals surface area contributed by atoms with Crippen molar-refractivity contribution < 1.29 is 17.6 Å². The van der Waals surface area contributed by atoms with Crippen LogP contribution < -0.4 is 10.5 Å². The second-order valence-electron chi connectivity index (χ2n) is 5.79. The van der Waals surface area contributed by atoms with Gasteiger partial charge in [-0.2, -0.15) is 0 Å². The number of hydrogen-bond acceptors (Lipinski definition) is 5. The minimum absolute atomic E-state index is 0.00501. The third kappa shape index (κ3) is 4.38. The number of primary sulfonamides is 1. The zero-order valence-corrected chi connectivity index (χ0v) is 15.9. The van der Waals surface area contributed by atoms with Crippen molar-refractivity contribution in [3.63, 3.8) is 0 Å². The van der Waals surface area contributed by atoms with E-state index in [0.29, 0.717) is 26.7 Å². The van der Waals surface area contributed by atoms with E-state index in [4.69, 9.17) is 5.14 Å². The molecule has 1 heterocycles. The number of carbonyl (C=O) groups is 1. The van der Waals surface area contributed by atoms with Gasteiger partial charge in [0.15, 0.2) is 0 Å². The van der Waals surface area contributed by atoms with Gasteiger partial charge in [-0.15, -0.1) is 11.3 Å². The first kappa shape index (κ1) is 19.2. The molecular formula is C18H16FN3O3S2. The lowest BCUT2D eigenvalue weighted by atomic mass is 10.2. The van der Waals surface area contributed by atoms with Gasteiger partial charge in [-0.05, 0) is 36.8 Å². The predicted octanol–water partition coefficient (Wildman–Crippen LogP) is 2.84. The number of benzene rings is 2. The highest BCUT2D eigenvalue weighted by Gasteiger charge is 2.17. The normalized spacial score (nSPS) is 11.4. The molecule has 6 nitrogen and oxygen atoms in total. The molecule has 140 valence electrons. The fraction of sp³-hybridized carbons (Fsp3) is 0.111. The Bertz CT molecular complexity index is 1090. The molecule has 3 N–H and O–H groups in total. The summed E-state index contributed by atoms with van der Waals surface area (Å²) in [5.41, 5.74) is 1.58. The van der Waals surface area contributed by atoms with Crippen molar-refractivity contribution in [3.8, 4) is 10.6 Å². The number of nitrogens with one attached hydrogen (secondary N) is 1. The number of thiazole rings is 1.